The van der Waals surface area contributed by atoms with Crippen molar-refractivity contribution < 1.29 is 4.79 Å². The number of hydrogen-bond donors (Lipinski definition) is 1. The number of aryl methyl sites for hydroxylation is 1. The Balaban J connectivity index is 1.72. The molecule has 2 atom stereocenters. The van der Waals surface area contributed by atoms with Crippen molar-refractivity contribution in [3.63, 3.8) is 0 Å². The Bertz CT molecular complexity index is 667. The minimum Gasteiger partial charge on any atom is -0.326 e. The largest absolute Gasteiger partial charge is 0.326 e. The van der Waals surface area contributed by atoms with Gasteiger partial charge in [-0.25, -0.2) is 0 Å². The predicted octanol–water partition coefficient (Wildman–Crippen LogP) is 4.78. The summed E-state index contributed by atoms with van der Waals surface area (Å²) in [5, 5.41) is 2.90. The number of carbonyl (C=O) groups is 1. The first-order valence-electron chi connectivity index (χ1n) is 7.36. The molecule has 0 bridgehead atoms. The summed E-state index contributed by atoms with van der Waals surface area (Å²) in [7, 11) is 0. The van der Waals surface area contributed by atoms with Gasteiger partial charge in [0.2, 0.25) is 5.91 Å². The number of alkyl halides is 2. The Morgan fingerprint density at radius 3 is 2.32 bits per heavy atom. The van der Waals surface area contributed by atoms with Crippen molar-refractivity contribution in [3.8, 4) is 0 Å². The van der Waals surface area contributed by atoms with E-state index in [0.717, 1.165) is 17.7 Å². The molecule has 1 amide bonds. The first-order valence-corrected chi connectivity index (χ1v) is 8.12. The van der Waals surface area contributed by atoms with Gasteiger partial charge >= 0.3 is 0 Å². The Labute approximate surface area is 140 Å². The molecule has 22 heavy (non-hydrogen) atoms. The molecule has 2 aromatic rings. The topological polar surface area (TPSA) is 29.1 Å². The summed E-state index contributed by atoms with van der Waals surface area (Å²) in [6.45, 7) is 2.09. The van der Waals surface area contributed by atoms with Gasteiger partial charge in [0.05, 0.1) is 5.92 Å². The molecule has 1 saturated carbocycles. The Hall–Kier alpha value is -1.51. The normalized spacial score (nSPS) is 22.1. The molecule has 2 aromatic carbocycles. The quantitative estimate of drug-likeness (QED) is 0.802. The zero-order valence-corrected chi connectivity index (χ0v) is 13.7. The number of halogens is 2. The molecule has 3 rings (SSSR count). The maximum Gasteiger partial charge on any atom is 0.231 e. The summed E-state index contributed by atoms with van der Waals surface area (Å²) < 4.78 is -1.03. The van der Waals surface area contributed by atoms with Crippen LogP contribution in [-0.2, 0) is 11.2 Å². The fourth-order valence-electron chi connectivity index (χ4n) is 2.77. The fourth-order valence-corrected chi connectivity index (χ4v) is 3.60. The van der Waals surface area contributed by atoms with E-state index in [2.05, 4.69) is 12.2 Å². The monoisotopic (exact) mass is 333 g/mol. The van der Waals surface area contributed by atoms with Crippen LogP contribution < -0.4 is 5.32 Å². The first-order chi connectivity index (χ1) is 10.5. The molecular weight excluding hydrogens is 317 g/mol. The van der Waals surface area contributed by atoms with Crippen molar-refractivity contribution in [2.24, 2.45) is 5.92 Å². The van der Waals surface area contributed by atoms with Crippen LogP contribution in [0.5, 0.6) is 0 Å². The summed E-state index contributed by atoms with van der Waals surface area (Å²) in [5.74, 6) is -0.723. The van der Waals surface area contributed by atoms with Gasteiger partial charge in [0, 0.05) is 11.6 Å². The number of nitrogens with one attached hydrogen (secondary N) is 1. The van der Waals surface area contributed by atoms with Crippen molar-refractivity contribution in [3.05, 3.63) is 65.7 Å². The molecule has 0 aliphatic heterocycles. The number of anilines is 1. The summed E-state index contributed by atoms with van der Waals surface area (Å²) >= 11 is 12.6. The highest BCUT2D eigenvalue weighted by molar-refractivity contribution is 6.53. The zero-order valence-electron chi connectivity index (χ0n) is 12.2. The number of carbonyl (C=O) groups excluding carboxylic acids is 1. The molecule has 0 spiro atoms. The van der Waals surface area contributed by atoms with Crippen LogP contribution in [0.2, 0.25) is 0 Å². The molecular formula is C18H17Cl2NO. The number of hydrogen-bond acceptors (Lipinski definition) is 1. The van der Waals surface area contributed by atoms with E-state index in [1.165, 1.54) is 5.56 Å². The van der Waals surface area contributed by atoms with E-state index >= 15 is 0 Å². The molecule has 0 radical (unpaired) electrons. The lowest BCUT2D eigenvalue weighted by atomic mass is 10.1. The third kappa shape index (κ3) is 2.86. The zero-order chi connectivity index (χ0) is 15.7. The lowest BCUT2D eigenvalue weighted by Gasteiger charge is -2.06. The Morgan fingerprint density at radius 1 is 1.09 bits per heavy atom. The van der Waals surface area contributed by atoms with Crippen molar-refractivity contribution in [1.82, 2.24) is 0 Å². The van der Waals surface area contributed by atoms with Gasteiger partial charge in [-0.05, 0) is 29.7 Å². The predicted molar refractivity (Wildman–Crippen MR) is 91.6 cm³/mol. The minimum atomic E-state index is -1.03. The summed E-state index contributed by atoms with van der Waals surface area (Å²) in [5.41, 5.74) is 3.00. The van der Waals surface area contributed by atoms with Crippen LogP contribution >= 0.6 is 23.2 Å². The Kier molecular flexibility index (Phi) is 4.16. The van der Waals surface area contributed by atoms with Crippen molar-refractivity contribution in [2.45, 2.75) is 23.6 Å². The van der Waals surface area contributed by atoms with Gasteiger partial charge in [-0.1, -0.05) is 49.4 Å². The second-order valence-electron chi connectivity index (χ2n) is 5.58. The summed E-state index contributed by atoms with van der Waals surface area (Å²) in [6.07, 6.45) is 0.972. The fraction of sp³-hybridized carbons (Fsp3) is 0.278. The van der Waals surface area contributed by atoms with Gasteiger partial charge in [-0.2, -0.15) is 0 Å². The van der Waals surface area contributed by atoms with E-state index in [1.54, 1.807) is 0 Å². The van der Waals surface area contributed by atoms with Gasteiger partial charge in [-0.3, -0.25) is 4.79 Å². The van der Waals surface area contributed by atoms with Gasteiger partial charge in [0.25, 0.3) is 0 Å². The smallest absolute Gasteiger partial charge is 0.231 e. The lowest BCUT2D eigenvalue weighted by molar-refractivity contribution is -0.117. The SMILES string of the molecule is CCc1ccc(NC(=O)[C@@H]2[C@@H](c3ccccc3)C2(Cl)Cl)cc1. The summed E-state index contributed by atoms with van der Waals surface area (Å²) in [4.78, 5) is 12.4. The van der Waals surface area contributed by atoms with Crippen LogP contribution in [0.4, 0.5) is 5.69 Å². The molecule has 1 fully saturated rings. The molecule has 0 heterocycles. The van der Waals surface area contributed by atoms with Crippen LogP contribution in [0.25, 0.3) is 0 Å². The molecule has 1 aliphatic carbocycles. The second kappa shape index (κ2) is 5.94. The average Bonchev–Trinajstić information content (AvgIpc) is 3.11. The van der Waals surface area contributed by atoms with Crippen LogP contribution in [0.15, 0.2) is 54.6 Å². The number of amides is 1. The van der Waals surface area contributed by atoms with Gasteiger partial charge < -0.3 is 5.32 Å². The standard InChI is InChI=1S/C18H17Cl2NO/c1-2-12-8-10-14(11-9-12)21-17(22)16-15(18(16,19)20)13-6-4-3-5-7-13/h3-11,15-16H,2H2,1H3,(H,21,22)/t15-,16+/m1/s1. The van der Waals surface area contributed by atoms with E-state index in [9.17, 15) is 4.79 Å². The third-order valence-electron chi connectivity index (χ3n) is 4.12. The van der Waals surface area contributed by atoms with E-state index in [4.69, 9.17) is 23.2 Å². The lowest BCUT2D eigenvalue weighted by Crippen LogP contribution is -2.17. The third-order valence-corrected chi connectivity index (χ3v) is 5.06. The molecule has 1 aliphatic rings. The first kappa shape index (κ1) is 15.4. The molecule has 1 N–H and O–H groups in total. The molecule has 0 saturated heterocycles. The van der Waals surface area contributed by atoms with E-state index < -0.39 is 10.3 Å². The van der Waals surface area contributed by atoms with Gasteiger partial charge in [-0.15, -0.1) is 23.2 Å². The van der Waals surface area contributed by atoms with Crippen molar-refractivity contribution >= 4 is 34.8 Å². The Morgan fingerprint density at radius 2 is 1.73 bits per heavy atom. The highest BCUT2D eigenvalue weighted by Crippen LogP contribution is 2.65. The molecule has 114 valence electrons. The highest BCUT2D eigenvalue weighted by Gasteiger charge is 2.67. The van der Waals surface area contributed by atoms with Gasteiger partial charge in [0.15, 0.2) is 0 Å². The van der Waals surface area contributed by atoms with Crippen LogP contribution in [0, 0.1) is 5.92 Å². The maximum absolute atomic E-state index is 12.4. The molecule has 4 heteroatoms. The molecule has 0 unspecified atom stereocenters. The van der Waals surface area contributed by atoms with Crippen LogP contribution in [-0.4, -0.2) is 10.2 Å². The highest BCUT2D eigenvalue weighted by atomic mass is 35.5. The molecule has 2 nitrogen and oxygen atoms in total. The minimum absolute atomic E-state index is 0.136. The molecule has 0 aromatic heterocycles. The second-order valence-corrected chi connectivity index (χ2v) is 7.02. The van der Waals surface area contributed by atoms with Gasteiger partial charge in [0.1, 0.15) is 4.33 Å². The van der Waals surface area contributed by atoms with E-state index in [-0.39, 0.29) is 11.8 Å². The maximum atomic E-state index is 12.4. The van der Waals surface area contributed by atoms with Crippen LogP contribution in [0.3, 0.4) is 0 Å². The number of benzene rings is 2. The van der Waals surface area contributed by atoms with Crippen molar-refractivity contribution in [1.29, 1.82) is 0 Å². The average molecular weight is 334 g/mol. The summed E-state index contributed by atoms with van der Waals surface area (Å²) in [6, 6.07) is 17.5. The van der Waals surface area contributed by atoms with Crippen molar-refractivity contribution in [2.75, 3.05) is 5.32 Å². The van der Waals surface area contributed by atoms with Crippen LogP contribution in [0.1, 0.15) is 24.0 Å². The van der Waals surface area contributed by atoms with E-state index in [1.807, 2.05) is 54.6 Å². The number of rotatable bonds is 4. The van der Waals surface area contributed by atoms with E-state index in [0.29, 0.717) is 0 Å².